The number of hydrogen-bond acceptors (Lipinski definition) is 3. The van der Waals surface area contributed by atoms with Crippen LogP contribution in [0, 0.1) is 0 Å². The molecule has 7 heteroatoms. The van der Waals surface area contributed by atoms with E-state index in [1.165, 1.54) is 0 Å². The molecule has 0 aliphatic rings. The Morgan fingerprint density at radius 3 is 2.83 bits per heavy atom. The number of amides is 1. The summed E-state index contributed by atoms with van der Waals surface area (Å²) in [5.74, 6) is -0.0282. The van der Waals surface area contributed by atoms with Crippen molar-refractivity contribution in [2.24, 2.45) is 0 Å². The zero-order chi connectivity index (χ0) is 11.4. The number of aromatic nitrogens is 2. The lowest BCUT2D eigenvalue weighted by Crippen LogP contribution is -2.31. The van der Waals surface area contributed by atoms with Gasteiger partial charge in [0.05, 0.1) is 18.8 Å². The Labute approximate surface area is 118 Å². The van der Waals surface area contributed by atoms with Crippen LogP contribution in [0.25, 0.3) is 5.65 Å². The molecule has 2 N–H and O–H groups in total. The maximum Gasteiger partial charge on any atom is 0.234 e. The van der Waals surface area contributed by atoms with Crippen LogP contribution in [0.1, 0.15) is 5.69 Å². The standard InChI is InChI=1S/C11H14N4O.2ClH/c1-12-7-11(16)13-6-9-8-15-5-3-2-4-10(15)14-9;;/h2-5,8,12H,6-7H2,1H3,(H,13,16);2*1H. The Bertz CT molecular complexity index is 468. The number of likely N-dealkylation sites (N-methyl/N-ethyl adjacent to an activating group) is 1. The topological polar surface area (TPSA) is 58.4 Å². The number of hydrogen-bond donors (Lipinski definition) is 2. The summed E-state index contributed by atoms with van der Waals surface area (Å²) in [6.45, 7) is 0.787. The molecule has 0 aromatic carbocycles. The molecule has 5 nitrogen and oxygen atoms in total. The Kier molecular flexibility index (Phi) is 7.35. The first kappa shape index (κ1) is 16.7. The number of pyridine rings is 1. The van der Waals surface area contributed by atoms with Crippen LogP contribution in [0.5, 0.6) is 0 Å². The summed E-state index contributed by atoms with van der Waals surface area (Å²) in [5, 5.41) is 5.58. The molecule has 0 unspecified atom stereocenters. The second kappa shape index (κ2) is 7.92. The Morgan fingerprint density at radius 2 is 2.17 bits per heavy atom. The maximum absolute atomic E-state index is 11.2. The molecule has 2 aromatic rings. The largest absolute Gasteiger partial charge is 0.349 e. The van der Waals surface area contributed by atoms with E-state index in [0.29, 0.717) is 13.1 Å². The minimum atomic E-state index is -0.0282. The van der Waals surface area contributed by atoms with Gasteiger partial charge < -0.3 is 15.0 Å². The quantitative estimate of drug-likeness (QED) is 0.884. The second-order valence-corrected chi connectivity index (χ2v) is 3.51. The van der Waals surface area contributed by atoms with Crippen molar-refractivity contribution in [2.75, 3.05) is 13.6 Å². The van der Waals surface area contributed by atoms with E-state index in [-0.39, 0.29) is 30.7 Å². The summed E-state index contributed by atoms with van der Waals surface area (Å²) in [4.78, 5) is 15.6. The van der Waals surface area contributed by atoms with Gasteiger partial charge in [0.25, 0.3) is 0 Å². The Balaban J connectivity index is 0.00000144. The summed E-state index contributed by atoms with van der Waals surface area (Å²) in [5.41, 5.74) is 1.75. The molecular weight excluding hydrogens is 275 g/mol. The van der Waals surface area contributed by atoms with Crippen molar-refractivity contribution >= 4 is 36.4 Å². The molecule has 0 bridgehead atoms. The van der Waals surface area contributed by atoms with Gasteiger partial charge in [-0.15, -0.1) is 24.8 Å². The van der Waals surface area contributed by atoms with E-state index >= 15 is 0 Å². The SMILES string of the molecule is CNCC(=O)NCc1cn2ccccc2n1.Cl.Cl. The minimum absolute atomic E-state index is 0. The van der Waals surface area contributed by atoms with E-state index in [1.54, 1.807) is 7.05 Å². The van der Waals surface area contributed by atoms with E-state index < -0.39 is 0 Å². The third-order valence-corrected chi connectivity index (χ3v) is 2.22. The van der Waals surface area contributed by atoms with E-state index in [9.17, 15) is 4.79 Å². The highest BCUT2D eigenvalue weighted by Crippen LogP contribution is 2.03. The highest BCUT2D eigenvalue weighted by molar-refractivity contribution is 5.85. The number of rotatable bonds is 4. The van der Waals surface area contributed by atoms with Crippen molar-refractivity contribution in [3.8, 4) is 0 Å². The van der Waals surface area contributed by atoms with Crippen molar-refractivity contribution < 1.29 is 4.79 Å². The normalized spacial score (nSPS) is 9.39. The lowest BCUT2D eigenvalue weighted by molar-refractivity contribution is -0.120. The fourth-order valence-corrected chi connectivity index (χ4v) is 1.48. The summed E-state index contributed by atoms with van der Waals surface area (Å²) in [7, 11) is 1.74. The van der Waals surface area contributed by atoms with Gasteiger partial charge >= 0.3 is 0 Å². The molecular formula is C11H16Cl2N4O. The molecule has 2 heterocycles. The summed E-state index contributed by atoms with van der Waals surface area (Å²) in [6, 6.07) is 5.81. The fraction of sp³-hybridized carbons (Fsp3) is 0.273. The predicted octanol–water partition coefficient (Wildman–Crippen LogP) is 1.01. The van der Waals surface area contributed by atoms with Crippen molar-refractivity contribution in [2.45, 2.75) is 6.54 Å². The van der Waals surface area contributed by atoms with Crippen LogP contribution in [-0.4, -0.2) is 28.9 Å². The van der Waals surface area contributed by atoms with Gasteiger partial charge in [0, 0.05) is 12.4 Å². The zero-order valence-corrected chi connectivity index (χ0v) is 11.6. The van der Waals surface area contributed by atoms with Gasteiger partial charge in [-0.25, -0.2) is 4.98 Å². The molecule has 18 heavy (non-hydrogen) atoms. The lowest BCUT2D eigenvalue weighted by atomic mass is 10.4. The van der Waals surface area contributed by atoms with Crippen LogP contribution in [0.2, 0.25) is 0 Å². The van der Waals surface area contributed by atoms with Crippen LogP contribution in [-0.2, 0) is 11.3 Å². The number of halogens is 2. The highest BCUT2D eigenvalue weighted by atomic mass is 35.5. The molecule has 2 aromatic heterocycles. The second-order valence-electron chi connectivity index (χ2n) is 3.51. The van der Waals surface area contributed by atoms with Gasteiger partial charge in [0.2, 0.25) is 5.91 Å². The number of carbonyl (C=O) groups excluding carboxylic acids is 1. The Morgan fingerprint density at radius 1 is 1.39 bits per heavy atom. The van der Waals surface area contributed by atoms with Gasteiger partial charge in [-0.2, -0.15) is 0 Å². The number of carbonyl (C=O) groups is 1. The van der Waals surface area contributed by atoms with Crippen LogP contribution in [0.3, 0.4) is 0 Å². The molecule has 100 valence electrons. The molecule has 0 fully saturated rings. The summed E-state index contributed by atoms with van der Waals surface area (Å²) < 4.78 is 1.93. The molecule has 1 amide bonds. The lowest BCUT2D eigenvalue weighted by Gasteiger charge is -2.01. The van der Waals surface area contributed by atoms with Crippen LogP contribution in [0.4, 0.5) is 0 Å². The van der Waals surface area contributed by atoms with Gasteiger partial charge in [0.15, 0.2) is 0 Å². The first-order valence-electron chi connectivity index (χ1n) is 5.13. The average molecular weight is 291 g/mol. The number of imidazole rings is 1. The van der Waals surface area contributed by atoms with E-state index in [1.807, 2.05) is 35.0 Å². The molecule has 0 atom stereocenters. The van der Waals surface area contributed by atoms with Crippen LogP contribution >= 0.6 is 24.8 Å². The molecule has 0 saturated carbocycles. The first-order chi connectivity index (χ1) is 7.79. The van der Waals surface area contributed by atoms with Crippen molar-refractivity contribution in [1.82, 2.24) is 20.0 Å². The number of nitrogens with zero attached hydrogens (tertiary/aromatic N) is 2. The smallest absolute Gasteiger partial charge is 0.234 e. The van der Waals surface area contributed by atoms with Crippen LogP contribution in [0.15, 0.2) is 30.6 Å². The number of fused-ring (bicyclic) bond motifs is 1. The number of nitrogens with one attached hydrogen (secondary N) is 2. The summed E-state index contributed by atoms with van der Waals surface area (Å²) >= 11 is 0. The van der Waals surface area contributed by atoms with Gasteiger partial charge in [-0.05, 0) is 19.2 Å². The monoisotopic (exact) mass is 290 g/mol. The molecule has 0 spiro atoms. The minimum Gasteiger partial charge on any atom is -0.349 e. The van der Waals surface area contributed by atoms with E-state index in [2.05, 4.69) is 15.6 Å². The third kappa shape index (κ3) is 4.18. The molecule has 2 rings (SSSR count). The fourth-order valence-electron chi connectivity index (χ4n) is 1.48. The van der Waals surface area contributed by atoms with Gasteiger partial charge in [-0.1, -0.05) is 6.07 Å². The molecule has 0 aliphatic carbocycles. The predicted molar refractivity (Wildman–Crippen MR) is 75.5 cm³/mol. The molecule has 0 saturated heterocycles. The van der Waals surface area contributed by atoms with Gasteiger partial charge in [-0.3, -0.25) is 4.79 Å². The Hall–Kier alpha value is -1.30. The third-order valence-electron chi connectivity index (χ3n) is 2.22. The zero-order valence-electron chi connectivity index (χ0n) is 9.92. The molecule has 0 radical (unpaired) electrons. The van der Waals surface area contributed by atoms with E-state index in [0.717, 1.165) is 11.3 Å². The maximum atomic E-state index is 11.2. The first-order valence-corrected chi connectivity index (χ1v) is 5.13. The average Bonchev–Trinajstić information content (AvgIpc) is 2.69. The van der Waals surface area contributed by atoms with Crippen molar-refractivity contribution in [3.63, 3.8) is 0 Å². The summed E-state index contributed by atoms with van der Waals surface area (Å²) in [6.07, 6.45) is 3.84. The van der Waals surface area contributed by atoms with E-state index in [4.69, 9.17) is 0 Å². The van der Waals surface area contributed by atoms with Gasteiger partial charge in [0.1, 0.15) is 5.65 Å². The van der Waals surface area contributed by atoms with Crippen LogP contribution < -0.4 is 10.6 Å². The highest BCUT2D eigenvalue weighted by Gasteiger charge is 2.02. The van der Waals surface area contributed by atoms with Crippen molar-refractivity contribution in [3.05, 3.63) is 36.3 Å². The molecule has 0 aliphatic heterocycles. The van der Waals surface area contributed by atoms with Crippen molar-refractivity contribution in [1.29, 1.82) is 0 Å².